The first-order chi connectivity index (χ1) is 8.02. The summed E-state index contributed by atoms with van der Waals surface area (Å²) in [5.41, 5.74) is 0.200. The van der Waals surface area contributed by atoms with Crippen LogP contribution in [0.25, 0.3) is 0 Å². The molecule has 1 atom stereocenters. The zero-order chi connectivity index (χ0) is 12.8. The summed E-state index contributed by atoms with van der Waals surface area (Å²) in [7, 11) is 0. The van der Waals surface area contributed by atoms with E-state index in [0.717, 1.165) is 0 Å². The highest BCUT2D eigenvalue weighted by Crippen LogP contribution is 2.10. The van der Waals surface area contributed by atoms with Crippen LogP contribution in [0.5, 0.6) is 0 Å². The first-order valence-electron chi connectivity index (χ1n) is 5.24. The second kappa shape index (κ2) is 5.80. The van der Waals surface area contributed by atoms with Gasteiger partial charge in [-0.15, -0.1) is 0 Å². The number of hydrogen-bond acceptors (Lipinski definition) is 5. The molecule has 0 aliphatic carbocycles. The Morgan fingerprint density at radius 3 is 2.65 bits per heavy atom. The molecule has 1 heterocycles. The molecule has 17 heavy (non-hydrogen) atoms. The number of nitrogens with zero attached hydrogens (tertiary/aromatic N) is 3. The van der Waals surface area contributed by atoms with E-state index >= 15 is 0 Å². The summed E-state index contributed by atoms with van der Waals surface area (Å²) in [6.07, 6.45) is 3.16. The molecule has 1 aromatic rings. The van der Waals surface area contributed by atoms with Gasteiger partial charge in [0.05, 0.1) is 12.4 Å². The van der Waals surface area contributed by atoms with Crippen molar-refractivity contribution in [2.75, 3.05) is 5.32 Å². The third-order valence-corrected chi connectivity index (χ3v) is 2.09. The monoisotopic (exact) mass is 234 g/mol. The summed E-state index contributed by atoms with van der Waals surface area (Å²) >= 11 is 0. The fourth-order valence-corrected chi connectivity index (χ4v) is 1.33. The minimum absolute atomic E-state index is 0.200. The number of aliphatic carboxylic acids is 1. The van der Waals surface area contributed by atoms with Crippen LogP contribution in [0, 0.1) is 17.2 Å². The maximum absolute atomic E-state index is 11.0. The summed E-state index contributed by atoms with van der Waals surface area (Å²) in [5, 5.41) is 20.4. The first kappa shape index (κ1) is 12.9. The Balaban J connectivity index is 2.72. The topological polar surface area (TPSA) is 98.9 Å². The van der Waals surface area contributed by atoms with Crippen LogP contribution in [-0.4, -0.2) is 27.1 Å². The Labute approximate surface area is 99.3 Å². The number of rotatable bonds is 5. The molecule has 0 fully saturated rings. The minimum atomic E-state index is -0.926. The standard InChI is InChI=1S/C11H14N4O2/c1-7(2)3-9(11(16)17)15-10-6-13-8(4-12)5-14-10/h5-7,9H,3H2,1-2H3,(H,14,15)(H,16,17). The SMILES string of the molecule is CC(C)CC(Nc1cnc(C#N)cn1)C(=O)O. The van der Waals surface area contributed by atoms with E-state index in [1.807, 2.05) is 19.9 Å². The van der Waals surface area contributed by atoms with E-state index < -0.39 is 12.0 Å². The van der Waals surface area contributed by atoms with Gasteiger partial charge in [0.1, 0.15) is 17.9 Å². The minimum Gasteiger partial charge on any atom is -0.480 e. The van der Waals surface area contributed by atoms with Crippen LogP contribution in [0.2, 0.25) is 0 Å². The zero-order valence-electron chi connectivity index (χ0n) is 9.71. The van der Waals surface area contributed by atoms with E-state index in [9.17, 15) is 4.79 Å². The van der Waals surface area contributed by atoms with Crippen LogP contribution in [0.15, 0.2) is 12.4 Å². The summed E-state index contributed by atoms with van der Waals surface area (Å²) < 4.78 is 0. The van der Waals surface area contributed by atoms with Gasteiger partial charge in [-0.1, -0.05) is 13.8 Å². The highest BCUT2D eigenvalue weighted by molar-refractivity contribution is 5.76. The molecule has 2 N–H and O–H groups in total. The largest absolute Gasteiger partial charge is 0.480 e. The Hall–Kier alpha value is -2.16. The van der Waals surface area contributed by atoms with Gasteiger partial charge in [0.15, 0.2) is 5.69 Å². The molecular formula is C11H14N4O2. The predicted octanol–water partition coefficient (Wildman–Crippen LogP) is 1.26. The molecule has 6 nitrogen and oxygen atoms in total. The van der Waals surface area contributed by atoms with E-state index in [-0.39, 0.29) is 11.6 Å². The van der Waals surface area contributed by atoms with Gasteiger partial charge < -0.3 is 10.4 Å². The number of nitrogens with one attached hydrogen (secondary N) is 1. The number of carboxylic acid groups (broad SMARTS) is 1. The van der Waals surface area contributed by atoms with Crippen molar-refractivity contribution in [3.05, 3.63) is 18.1 Å². The Bertz CT molecular complexity index is 422. The molecule has 0 saturated heterocycles. The van der Waals surface area contributed by atoms with Gasteiger partial charge in [-0.3, -0.25) is 0 Å². The Morgan fingerprint density at radius 2 is 2.24 bits per heavy atom. The number of carboxylic acids is 1. The van der Waals surface area contributed by atoms with E-state index in [2.05, 4.69) is 15.3 Å². The number of anilines is 1. The third kappa shape index (κ3) is 4.07. The fraction of sp³-hybridized carbons (Fsp3) is 0.455. The maximum atomic E-state index is 11.0. The van der Waals surface area contributed by atoms with Crippen LogP contribution in [0.4, 0.5) is 5.82 Å². The van der Waals surface area contributed by atoms with Crippen molar-refractivity contribution < 1.29 is 9.90 Å². The van der Waals surface area contributed by atoms with Crippen molar-refractivity contribution in [3.8, 4) is 6.07 Å². The molecule has 0 saturated carbocycles. The second-order valence-electron chi connectivity index (χ2n) is 4.06. The van der Waals surface area contributed by atoms with E-state index in [0.29, 0.717) is 12.2 Å². The van der Waals surface area contributed by atoms with Crippen molar-refractivity contribution in [3.63, 3.8) is 0 Å². The van der Waals surface area contributed by atoms with Crippen LogP contribution in [-0.2, 0) is 4.79 Å². The number of carbonyl (C=O) groups is 1. The van der Waals surface area contributed by atoms with E-state index in [1.165, 1.54) is 12.4 Å². The first-order valence-corrected chi connectivity index (χ1v) is 5.24. The van der Waals surface area contributed by atoms with Crippen molar-refractivity contribution in [2.24, 2.45) is 5.92 Å². The summed E-state index contributed by atoms with van der Waals surface area (Å²) in [5.74, 6) is -0.308. The average Bonchev–Trinajstić information content (AvgIpc) is 2.28. The van der Waals surface area contributed by atoms with Crippen LogP contribution >= 0.6 is 0 Å². The second-order valence-corrected chi connectivity index (χ2v) is 4.06. The van der Waals surface area contributed by atoms with E-state index in [4.69, 9.17) is 10.4 Å². The average molecular weight is 234 g/mol. The quantitative estimate of drug-likeness (QED) is 0.795. The van der Waals surface area contributed by atoms with Crippen molar-refractivity contribution in [1.29, 1.82) is 5.26 Å². The van der Waals surface area contributed by atoms with E-state index in [1.54, 1.807) is 0 Å². The number of nitriles is 1. The molecule has 0 spiro atoms. The zero-order valence-corrected chi connectivity index (χ0v) is 9.71. The Morgan fingerprint density at radius 1 is 1.53 bits per heavy atom. The summed E-state index contributed by atoms with van der Waals surface area (Å²) in [6, 6.07) is 1.15. The molecule has 0 aliphatic rings. The van der Waals surface area contributed by atoms with Gasteiger partial charge in [-0.25, -0.2) is 14.8 Å². The normalized spacial score (nSPS) is 11.9. The van der Waals surface area contributed by atoms with Crippen LogP contribution in [0.1, 0.15) is 26.0 Å². The fourth-order valence-electron chi connectivity index (χ4n) is 1.33. The molecule has 1 rings (SSSR count). The molecule has 6 heteroatoms. The van der Waals surface area contributed by atoms with Gasteiger partial charge in [-0.05, 0) is 12.3 Å². The number of hydrogen-bond donors (Lipinski definition) is 2. The Kier molecular flexibility index (Phi) is 4.40. The van der Waals surface area contributed by atoms with Crippen LogP contribution in [0.3, 0.4) is 0 Å². The summed E-state index contributed by atoms with van der Waals surface area (Å²) in [6.45, 7) is 3.89. The lowest BCUT2D eigenvalue weighted by Gasteiger charge is -2.16. The lowest BCUT2D eigenvalue weighted by molar-refractivity contribution is -0.138. The molecule has 90 valence electrons. The molecule has 1 unspecified atom stereocenters. The molecule has 0 aliphatic heterocycles. The van der Waals surface area contributed by atoms with Crippen molar-refractivity contribution in [1.82, 2.24) is 9.97 Å². The van der Waals surface area contributed by atoms with Crippen molar-refractivity contribution >= 4 is 11.8 Å². The van der Waals surface area contributed by atoms with Gasteiger partial charge in [0.2, 0.25) is 0 Å². The predicted molar refractivity (Wildman–Crippen MR) is 61.2 cm³/mol. The molecule has 1 aromatic heterocycles. The lowest BCUT2D eigenvalue weighted by atomic mass is 10.0. The van der Waals surface area contributed by atoms with Crippen molar-refractivity contribution in [2.45, 2.75) is 26.3 Å². The molecule has 0 aromatic carbocycles. The molecular weight excluding hydrogens is 220 g/mol. The highest BCUT2D eigenvalue weighted by Gasteiger charge is 2.18. The smallest absolute Gasteiger partial charge is 0.326 e. The molecule has 0 bridgehead atoms. The highest BCUT2D eigenvalue weighted by atomic mass is 16.4. The van der Waals surface area contributed by atoms with Crippen LogP contribution < -0.4 is 5.32 Å². The molecule has 0 radical (unpaired) electrons. The lowest BCUT2D eigenvalue weighted by Crippen LogP contribution is -2.31. The van der Waals surface area contributed by atoms with Gasteiger partial charge >= 0.3 is 5.97 Å². The van der Waals surface area contributed by atoms with Gasteiger partial charge in [0, 0.05) is 0 Å². The summed E-state index contributed by atoms with van der Waals surface area (Å²) in [4.78, 5) is 18.7. The molecule has 0 amide bonds. The third-order valence-electron chi connectivity index (χ3n) is 2.09. The van der Waals surface area contributed by atoms with Gasteiger partial charge in [-0.2, -0.15) is 5.26 Å². The number of aromatic nitrogens is 2. The maximum Gasteiger partial charge on any atom is 0.326 e. The van der Waals surface area contributed by atoms with Gasteiger partial charge in [0.25, 0.3) is 0 Å².